The number of nitrogens with zero attached hydrogens (tertiary/aromatic N) is 5. The number of carbonyl (C=O) groups is 1. The fourth-order valence-corrected chi connectivity index (χ4v) is 2.10. The van der Waals surface area contributed by atoms with Gasteiger partial charge in [0, 0.05) is 0 Å². The first kappa shape index (κ1) is 14.6. The van der Waals surface area contributed by atoms with E-state index in [9.17, 15) is 14.9 Å². The zero-order chi connectivity index (χ0) is 15.0. The molecule has 0 aliphatic carbocycles. The highest BCUT2D eigenvalue weighted by Gasteiger charge is 2.23. The molecule has 2 aromatic heterocycles. The van der Waals surface area contributed by atoms with E-state index in [4.69, 9.17) is 0 Å². The van der Waals surface area contributed by atoms with Gasteiger partial charge in [0.05, 0.1) is 19.9 Å². The molecule has 0 spiro atoms. The summed E-state index contributed by atoms with van der Waals surface area (Å²) < 4.78 is 3.51. The first-order chi connectivity index (χ1) is 9.32. The lowest BCUT2D eigenvalue weighted by molar-refractivity contribution is -0.385. The summed E-state index contributed by atoms with van der Waals surface area (Å²) in [5.41, 5.74) is 1.38. The van der Waals surface area contributed by atoms with Crippen LogP contribution in [0.25, 0.3) is 0 Å². The van der Waals surface area contributed by atoms with E-state index in [0.717, 1.165) is 21.2 Å². The number of aryl methyl sites for hydroxylation is 1. The van der Waals surface area contributed by atoms with Crippen molar-refractivity contribution in [2.75, 3.05) is 0 Å². The molecule has 0 radical (unpaired) electrons. The van der Waals surface area contributed by atoms with Gasteiger partial charge >= 0.3 is 5.69 Å². The summed E-state index contributed by atoms with van der Waals surface area (Å²) in [6, 6.07) is -0.669. The maximum absolute atomic E-state index is 12.4. The minimum atomic E-state index is -0.669. The van der Waals surface area contributed by atoms with Crippen LogP contribution < -0.4 is 0 Å². The molecule has 0 amide bonds. The van der Waals surface area contributed by atoms with Gasteiger partial charge in [-0.25, -0.2) is 4.68 Å². The van der Waals surface area contributed by atoms with Gasteiger partial charge in [-0.1, -0.05) is 0 Å². The number of hydrogen-bond acceptors (Lipinski definition) is 5. The van der Waals surface area contributed by atoms with E-state index >= 15 is 0 Å². The van der Waals surface area contributed by atoms with Gasteiger partial charge in [0.25, 0.3) is 5.91 Å². The Morgan fingerprint density at radius 3 is 2.60 bits per heavy atom. The predicted octanol–water partition coefficient (Wildman–Crippen LogP) is 2.11. The fourth-order valence-electron chi connectivity index (χ4n) is 1.76. The van der Waals surface area contributed by atoms with Gasteiger partial charge in [-0.2, -0.15) is 10.2 Å². The SMILES string of the molecule is Cc1nn(C(=O)[C@H](C)n2cc([N+](=O)[O-])cn2)c(C)c1I. The van der Waals surface area contributed by atoms with E-state index in [2.05, 4.69) is 32.8 Å². The molecule has 20 heavy (non-hydrogen) atoms. The number of nitro groups is 1. The van der Waals surface area contributed by atoms with Gasteiger partial charge < -0.3 is 0 Å². The van der Waals surface area contributed by atoms with Crippen molar-refractivity contribution < 1.29 is 9.72 Å². The second-order valence-electron chi connectivity index (χ2n) is 4.35. The lowest BCUT2D eigenvalue weighted by atomic mass is 10.3. The van der Waals surface area contributed by atoms with Crippen molar-refractivity contribution in [1.82, 2.24) is 19.6 Å². The summed E-state index contributed by atoms with van der Waals surface area (Å²) in [4.78, 5) is 22.5. The molecule has 0 saturated heterocycles. The standard InChI is InChI=1S/C11H12IN5O3/c1-6-10(12)7(2)16(14-6)11(18)8(3)15-5-9(4-13-15)17(19)20/h4-5,8H,1-3H3/t8-/m0/s1. The van der Waals surface area contributed by atoms with Crippen molar-refractivity contribution in [2.24, 2.45) is 0 Å². The van der Waals surface area contributed by atoms with Crippen LogP contribution in [0, 0.1) is 27.5 Å². The van der Waals surface area contributed by atoms with Gasteiger partial charge in [-0.15, -0.1) is 0 Å². The molecule has 0 aliphatic heterocycles. The first-order valence-electron chi connectivity index (χ1n) is 5.77. The fraction of sp³-hybridized carbons (Fsp3) is 0.364. The maximum Gasteiger partial charge on any atom is 0.307 e. The van der Waals surface area contributed by atoms with Crippen LogP contribution in [0.3, 0.4) is 0 Å². The third kappa shape index (κ3) is 2.44. The summed E-state index contributed by atoms with van der Waals surface area (Å²) >= 11 is 2.13. The highest BCUT2D eigenvalue weighted by molar-refractivity contribution is 14.1. The van der Waals surface area contributed by atoms with Crippen molar-refractivity contribution in [1.29, 1.82) is 0 Å². The summed E-state index contributed by atoms with van der Waals surface area (Å²) in [5, 5.41) is 18.7. The third-order valence-electron chi connectivity index (χ3n) is 2.96. The van der Waals surface area contributed by atoms with Gasteiger partial charge in [0.1, 0.15) is 18.4 Å². The molecule has 0 fully saturated rings. The summed E-state index contributed by atoms with van der Waals surface area (Å²) in [6.07, 6.45) is 2.36. The van der Waals surface area contributed by atoms with Crippen LogP contribution in [-0.2, 0) is 0 Å². The summed E-state index contributed by atoms with van der Waals surface area (Å²) in [5.74, 6) is -0.286. The summed E-state index contributed by atoms with van der Waals surface area (Å²) in [6.45, 7) is 5.25. The van der Waals surface area contributed by atoms with Crippen LogP contribution in [0.2, 0.25) is 0 Å². The minimum absolute atomic E-state index is 0.146. The molecule has 0 bridgehead atoms. The third-order valence-corrected chi connectivity index (χ3v) is 4.53. The van der Waals surface area contributed by atoms with E-state index in [1.165, 1.54) is 15.6 Å². The Balaban J connectivity index is 2.32. The van der Waals surface area contributed by atoms with Gasteiger partial charge in [0.2, 0.25) is 0 Å². The zero-order valence-electron chi connectivity index (χ0n) is 11.1. The number of aromatic nitrogens is 4. The number of hydrogen-bond donors (Lipinski definition) is 0. The Morgan fingerprint density at radius 1 is 1.50 bits per heavy atom. The molecule has 8 nitrogen and oxygen atoms in total. The average Bonchev–Trinajstić information content (AvgIpc) is 2.99. The number of rotatable bonds is 3. The van der Waals surface area contributed by atoms with Crippen molar-refractivity contribution in [2.45, 2.75) is 26.8 Å². The summed E-state index contributed by atoms with van der Waals surface area (Å²) in [7, 11) is 0. The Morgan fingerprint density at radius 2 is 2.15 bits per heavy atom. The maximum atomic E-state index is 12.4. The Kier molecular flexibility index (Phi) is 3.88. The number of halogens is 1. The zero-order valence-corrected chi connectivity index (χ0v) is 13.2. The molecule has 2 rings (SSSR count). The topological polar surface area (TPSA) is 95.8 Å². The van der Waals surface area contributed by atoms with Crippen LogP contribution in [0.4, 0.5) is 5.69 Å². The Labute approximate surface area is 128 Å². The smallest absolute Gasteiger partial charge is 0.270 e. The first-order valence-corrected chi connectivity index (χ1v) is 6.85. The van der Waals surface area contributed by atoms with Crippen LogP contribution in [-0.4, -0.2) is 30.4 Å². The monoisotopic (exact) mass is 389 g/mol. The molecule has 106 valence electrons. The van der Waals surface area contributed by atoms with E-state index in [0.29, 0.717) is 0 Å². The van der Waals surface area contributed by atoms with Gasteiger partial charge in [0.15, 0.2) is 0 Å². The van der Waals surface area contributed by atoms with Crippen LogP contribution in [0.5, 0.6) is 0 Å². The lowest BCUT2D eigenvalue weighted by Crippen LogP contribution is -2.25. The Hall–Kier alpha value is -1.78. The van der Waals surface area contributed by atoms with Crippen molar-refractivity contribution >= 4 is 34.2 Å². The molecule has 9 heteroatoms. The van der Waals surface area contributed by atoms with Crippen LogP contribution in [0.15, 0.2) is 12.4 Å². The van der Waals surface area contributed by atoms with Crippen LogP contribution in [0.1, 0.15) is 29.1 Å². The van der Waals surface area contributed by atoms with Crippen molar-refractivity contribution in [3.63, 3.8) is 0 Å². The predicted molar refractivity (Wildman–Crippen MR) is 78.6 cm³/mol. The van der Waals surface area contributed by atoms with E-state index in [1.807, 2.05) is 6.92 Å². The quantitative estimate of drug-likeness (QED) is 0.455. The molecule has 0 unspecified atom stereocenters. The van der Waals surface area contributed by atoms with Gasteiger partial charge in [-0.05, 0) is 43.4 Å². The molecular weight excluding hydrogens is 377 g/mol. The lowest BCUT2D eigenvalue weighted by Gasteiger charge is -2.11. The molecule has 0 N–H and O–H groups in total. The van der Waals surface area contributed by atoms with E-state index in [-0.39, 0.29) is 11.6 Å². The normalized spacial score (nSPS) is 12.4. The second kappa shape index (κ2) is 5.31. The van der Waals surface area contributed by atoms with E-state index in [1.54, 1.807) is 13.8 Å². The van der Waals surface area contributed by atoms with Crippen LogP contribution >= 0.6 is 22.6 Å². The highest BCUT2D eigenvalue weighted by atomic mass is 127. The Bertz CT molecular complexity index is 690. The molecule has 0 aliphatic rings. The van der Waals surface area contributed by atoms with Gasteiger partial charge in [-0.3, -0.25) is 19.6 Å². The van der Waals surface area contributed by atoms with Crippen molar-refractivity contribution in [3.8, 4) is 0 Å². The molecule has 1 atom stereocenters. The number of carbonyl (C=O) groups excluding carboxylic acids is 1. The molecular formula is C11H12IN5O3. The largest absolute Gasteiger partial charge is 0.307 e. The second-order valence-corrected chi connectivity index (χ2v) is 5.43. The highest BCUT2D eigenvalue weighted by Crippen LogP contribution is 2.19. The average molecular weight is 389 g/mol. The van der Waals surface area contributed by atoms with Crippen molar-refractivity contribution in [3.05, 3.63) is 37.5 Å². The van der Waals surface area contributed by atoms with E-state index < -0.39 is 11.0 Å². The molecule has 0 saturated carbocycles. The molecule has 0 aromatic carbocycles. The molecule has 2 aromatic rings. The minimum Gasteiger partial charge on any atom is -0.270 e. The molecule has 2 heterocycles.